The van der Waals surface area contributed by atoms with E-state index >= 15 is 0 Å². The van der Waals surface area contributed by atoms with E-state index in [9.17, 15) is 14.0 Å². The molecule has 0 radical (unpaired) electrons. The fourth-order valence-corrected chi connectivity index (χ4v) is 2.71. The van der Waals surface area contributed by atoms with E-state index in [1.54, 1.807) is 26.2 Å². The Labute approximate surface area is 164 Å². The Bertz CT molecular complexity index is 855. The molecule has 3 amide bonds. The van der Waals surface area contributed by atoms with Crippen LogP contribution >= 0.6 is 0 Å². The highest BCUT2D eigenvalue weighted by atomic mass is 19.1. The Morgan fingerprint density at radius 1 is 1.07 bits per heavy atom. The highest BCUT2D eigenvalue weighted by molar-refractivity contribution is 5.94. The molecule has 150 valence electrons. The van der Waals surface area contributed by atoms with E-state index < -0.39 is 5.82 Å². The van der Waals surface area contributed by atoms with Gasteiger partial charge >= 0.3 is 6.03 Å². The zero-order chi connectivity index (χ0) is 20.7. The standard InChI is InChI=1S/C21H26FN3O3/c1-13-5-8-19(28-4)17(11-13)15(3)25-21(27)24-10-9-23-20(26)16-7-6-14(2)18(22)12-16/h5-8,11-12,15H,9-10H2,1-4H3,(H,23,26)(H2,24,25,27). The van der Waals surface area contributed by atoms with Crippen LogP contribution in [0.25, 0.3) is 0 Å². The van der Waals surface area contributed by atoms with E-state index in [1.807, 2.05) is 32.0 Å². The van der Waals surface area contributed by atoms with Gasteiger partial charge in [-0.2, -0.15) is 0 Å². The smallest absolute Gasteiger partial charge is 0.315 e. The molecule has 1 unspecified atom stereocenters. The fraction of sp³-hybridized carbons (Fsp3) is 0.333. The van der Waals surface area contributed by atoms with Crippen LogP contribution in [0, 0.1) is 19.7 Å². The van der Waals surface area contributed by atoms with Crippen LogP contribution in [-0.2, 0) is 0 Å². The fourth-order valence-electron chi connectivity index (χ4n) is 2.71. The van der Waals surface area contributed by atoms with Crippen LogP contribution in [0.3, 0.4) is 0 Å². The normalized spacial score (nSPS) is 11.5. The molecule has 6 nitrogen and oxygen atoms in total. The van der Waals surface area contributed by atoms with Gasteiger partial charge in [0.1, 0.15) is 11.6 Å². The van der Waals surface area contributed by atoms with Crippen molar-refractivity contribution in [2.75, 3.05) is 20.2 Å². The summed E-state index contributed by atoms with van der Waals surface area (Å²) >= 11 is 0. The largest absolute Gasteiger partial charge is 0.496 e. The van der Waals surface area contributed by atoms with Gasteiger partial charge in [0.25, 0.3) is 5.91 Å². The zero-order valence-corrected chi connectivity index (χ0v) is 16.6. The third-order valence-corrected chi connectivity index (χ3v) is 4.33. The van der Waals surface area contributed by atoms with Crippen LogP contribution in [0.1, 0.15) is 40.0 Å². The second kappa shape index (κ2) is 9.73. The van der Waals surface area contributed by atoms with Crippen molar-refractivity contribution in [3.8, 4) is 5.75 Å². The maximum Gasteiger partial charge on any atom is 0.315 e. The van der Waals surface area contributed by atoms with Crippen LogP contribution in [0.2, 0.25) is 0 Å². The van der Waals surface area contributed by atoms with Gasteiger partial charge < -0.3 is 20.7 Å². The molecular weight excluding hydrogens is 361 g/mol. The lowest BCUT2D eigenvalue weighted by Gasteiger charge is -2.18. The number of methoxy groups -OCH3 is 1. The van der Waals surface area contributed by atoms with Crippen molar-refractivity contribution >= 4 is 11.9 Å². The van der Waals surface area contributed by atoms with Gasteiger partial charge in [0, 0.05) is 24.2 Å². The average Bonchev–Trinajstić information content (AvgIpc) is 2.67. The highest BCUT2D eigenvalue weighted by Gasteiger charge is 2.14. The van der Waals surface area contributed by atoms with E-state index in [2.05, 4.69) is 16.0 Å². The Hall–Kier alpha value is -3.09. The molecule has 0 aliphatic rings. The molecule has 2 aromatic carbocycles. The highest BCUT2D eigenvalue weighted by Crippen LogP contribution is 2.25. The first-order chi connectivity index (χ1) is 13.3. The quantitative estimate of drug-likeness (QED) is 0.638. The molecule has 1 atom stereocenters. The summed E-state index contributed by atoms with van der Waals surface area (Å²) in [6, 6.07) is 9.47. The number of aryl methyl sites for hydroxylation is 2. The molecule has 0 spiro atoms. The first-order valence-electron chi connectivity index (χ1n) is 9.05. The van der Waals surface area contributed by atoms with Crippen LogP contribution in [0.4, 0.5) is 9.18 Å². The topological polar surface area (TPSA) is 79.5 Å². The lowest BCUT2D eigenvalue weighted by Crippen LogP contribution is -2.41. The van der Waals surface area contributed by atoms with Gasteiger partial charge in [-0.1, -0.05) is 23.8 Å². The van der Waals surface area contributed by atoms with Crippen molar-refractivity contribution in [1.82, 2.24) is 16.0 Å². The number of benzene rings is 2. The van der Waals surface area contributed by atoms with E-state index in [4.69, 9.17) is 4.74 Å². The van der Waals surface area contributed by atoms with Gasteiger partial charge in [-0.05, 0) is 44.5 Å². The molecular formula is C21H26FN3O3. The molecule has 28 heavy (non-hydrogen) atoms. The second-order valence-electron chi connectivity index (χ2n) is 6.59. The molecule has 0 heterocycles. The molecule has 0 aliphatic carbocycles. The van der Waals surface area contributed by atoms with Crippen LogP contribution < -0.4 is 20.7 Å². The molecule has 2 rings (SSSR count). The van der Waals surface area contributed by atoms with Crippen LogP contribution in [-0.4, -0.2) is 32.1 Å². The molecule has 0 fully saturated rings. The van der Waals surface area contributed by atoms with Crippen molar-refractivity contribution in [2.45, 2.75) is 26.8 Å². The minimum atomic E-state index is -0.425. The minimum Gasteiger partial charge on any atom is -0.496 e. The summed E-state index contributed by atoms with van der Waals surface area (Å²) < 4.78 is 18.9. The zero-order valence-electron chi connectivity index (χ0n) is 16.6. The predicted molar refractivity (Wildman–Crippen MR) is 106 cm³/mol. The first-order valence-corrected chi connectivity index (χ1v) is 9.05. The summed E-state index contributed by atoms with van der Waals surface area (Å²) in [4.78, 5) is 24.1. The minimum absolute atomic E-state index is 0.226. The predicted octanol–water partition coefficient (Wildman–Crippen LogP) is 3.24. The van der Waals surface area contributed by atoms with Crippen molar-refractivity contribution in [3.05, 3.63) is 64.5 Å². The number of rotatable bonds is 7. The van der Waals surface area contributed by atoms with Gasteiger partial charge in [0.05, 0.1) is 13.2 Å². The Morgan fingerprint density at radius 2 is 1.79 bits per heavy atom. The number of carbonyl (C=O) groups is 2. The van der Waals surface area contributed by atoms with Gasteiger partial charge in [-0.3, -0.25) is 4.79 Å². The van der Waals surface area contributed by atoms with Crippen molar-refractivity contribution in [2.24, 2.45) is 0 Å². The number of hydrogen-bond donors (Lipinski definition) is 3. The van der Waals surface area contributed by atoms with Crippen LogP contribution in [0.5, 0.6) is 5.75 Å². The molecule has 0 aromatic heterocycles. The lowest BCUT2D eigenvalue weighted by molar-refractivity contribution is 0.0953. The lowest BCUT2D eigenvalue weighted by atomic mass is 10.0. The summed E-state index contributed by atoms with van der Waals surface area (Å²) in [5.74, 6) is -0.110. The number of hydrogen-bond acceptors (Lipinski definition) is 3. The third-order valence-electron chi connectivity index (χ3n) is 4.33. The number of halogens is 1. The van der Waals surface area contributed by atoms with Gasteiger partial charge in [0.15, 0.2) is 0 Å². The molecule has 2 aromatic rings. The summed E-state index contributed by atoms with van der Waals surface area (Å²) in [5.41, 5.74) is 2.68. The molecule has 0 saturated carbocycles. The molecule has 0 aliphatic heterocycles. The van der Waals surface area contributed by atoms with E-state index in [1.165, 1.54) is 6.07 Å². The van der Waals surface area contributed by atoms with Crippen LogP contribution in [0.15, 0.2) is 36.4 Å². The summed E-state index contributed by atoms with van der Waals surface area (Å²) in [5, 5.41) is 8.17. The number of carbonyl (C=O) groups excluding carboxylic acids is 2. The first kappa shape index (κ1) is 21.2. The number of nitrogens with one attached hydrogen (secondary N) is 3. The maximum atomic E-state index is 13.5. The Kier molecular flexibility index (Phi) is 7.37. The summed E-state index contributed by atoms with van der Waals surface area (Å²) in [7, 11) is 1.59. The number of urea groups is 1. The van der Waals surface area contributed by atoms with Crippen molar-refractivity contribution < 1.29 is 18.7 Å². The monoisotopic (exact) mass is 387 g/mol. The molecule has 3 N–H and O–H groups in total. The van der Waals surface area contributed by atoms with Gasteiger partial charge in [0.2, 0.25) is 0 Å². The van der Waals surface area contributed by atoms with E-state index in [0.29, 0.717) is 11.3 Å². The van der Waals surface area contributed by atoms with E-state index in [0.717, 1.165) is 11.1 Å². The maximum absolute atomic E-state index is 13.5. The molecule has 7 heteroatoms. The second-order valence-corrected chi connectivity index (χ2v) is 6.59. The number of ether oxygens (including phenoxy) is 1. The summed E-state index contributed by atoms with van der Waals surface area (Å²) in [6.07, 6.45) is 0. The van der Waals surface area contributed by atoms with Gasteiger partial charge in [-0.25, -0.2) is 9.18 Å². The molecule has 0 bridgehead atoms. The van der Waals surface area contributed by atoms with Gasteiger partial charge in [-0.15, -0.1) is 0 Å². The Morgan fingerprint density at radius 3 is 2.46 bits per heavy atom. The third kappa shape index (κ3) is 5.70. The SMILES string of the molecule is COc1ccc(C)cc1C(C)NC(=O)NCCNC(=O)c1ccc(C)c(F)c1. The van der Waals surface area contributed by atoms with Crippen molar-refractivity contribution in [1.29, 1.82) is 0 Å². The molecule has 0 saturated heterocycles. The number of amides is 3. The van der Waals surface area contributed by atoms with E-state index in [-0.39, 0.29) is 36.6 Å². The average molecular weight is 387 g/mol. The summed E-state index contributed by atoms with van der Waals surface area (Å²) in [6.45, 7) is 5.93. The van der Waals surface area contributed by atoms with Crippen molar-refractivity contribution in [3.63, 3.8) is 0 Å². The Balaban J connectivity index is 1.79.